The maximum Gasteiger partial charge on any atom is 0.218 e. The lowest BCUT2D eigenvalue weighted by molar-refractivity contribution is 0.0165. The third-order valence-electron chi connectivity index (χ3n) is 27.7. The Morgan fingerprint density at radius 3 is 0.974 bits per heavy atom. The summed E-state index contributed by atoms with van der Waals surface area (Å²) in [5.74, 6) is 1.04. The Hall–Kier alpha value is -9.37. The van der Waals surface area contributed by atoms with E-state index in [0.29, 0.717) is 0 Å². The third-order valence-corrected chi connectivity index (χ3v) is 27.7. The fourth-order valence-electron chi connectivity index (χ4n) is 27.8. The second-order valence-electron chi connectivity index (χ2n) is 27.7. The lowest BCUT2D eigenvalue weighted by Crippen LogP contribution is -2.59. The van der Waals surface area contributed by atoms with Gasteiger partial charge in [0.25, 0.3) is 0 Å². The number of aliphatic imine (C=N–C) groups is 1. The van der Waals surface area contributed by atoms with Crippen molar-refractivity contribution in [1.82, 2.24) is 0 Å². The molecule has 0 N–H and O–H groups in total. The van der Waals surface area contributed by atoms with Gasteiger partial charge in [-0.3, -0.25) is 0 Å². The average molecular weight is 930 g/mol. The van der Waals surface area contributed by atoms with Crippen LogP contribution < -0.4 is 0 Å². The summed E-state index contributed by atoms with van der Waals surface area (Å²) in [5.41, 5.74) is 9.94. The van der Waals surface area contributed by atoms with E-state index in [4.69, 9.17) is 9.73 Å². The zero-order valence-electron chi connectivity index (χ0n) is 38.7. The molecule has 7 aliphatic carbocycles. The minimum atomic E-state index is -0.863. The molecule has 0 radical (unpaired) electrons. The Labute approximate surface area is 415 Å². The molecule has 76 heavy (non-hydrogen) atoms. The monoisotopic (exact) mass is 929 g/mol. The molecule has 1 saturated carbocycles. The largest absolute Gasteiger partial charge is 0.458 e. The van der Waals surface area contributed by atoms with Gasteiger partial charge in [-0.1, -0.05) is 48.5 Å². The second-order valence-corrected chi connectivity index (χ2v) is 27.7. The number of nitrogens with zero attached hydrogens (tertiary/aromatic N) is 1. The Balaban J connectivity index is 1.11. The normalized spacial score (nSPS) is 27.2. The zero-order valence-corrected chi connectivity index (χ0v) is 38.7. The molecule has 0 amide bonds. The van der Waals surface area contributed by atoms with Crippen molar-refractivity contribution in [2.75, 3.05) is 0 Å². The maximum atomic E-state index is 8.79. The first kappa shape index (κ1) is 28.3. The molecule has 318 valence electrons. The van der Waals surface area contributed by atoms with Gasteiger partial charge in [-0.2, -0.15) is 0 Å². The van der Waals surface area contributed by atoms with Crippen LogP contribution in [0.15, 0.2) is 65.7 Å². The van der Waals surface area contributed by atoms with E-state index in [2.05, 4.69) is 60.7 Å². The Morgan fingerprint density at radius 1 is 0.263 bits per heavy atom. The molecule has 28 aromatic rings. The Morgan fingerprint density at radius 2 is 0.566 bits per heavy atom. The topological polar surface area (TPSA) is 21.6 Å². The number of benzene rings is 19. The summed E-state index contributed by atoms with van der Waals surface area (Å²) in [6.45, 7) is 0. The predicted octanol–water partition coefficient (Wildman–Crippen LogP) is 18.4. The molecular weight excluding hydrogens is 919 g/mol. The van der Waals surface area contributed by atoms with Crippen molar-refractivity contribution in [3.8, 4) is 0 Å². The molecule has 0 aromatic heterocycles. The molecule has 4 spiro atoms. The summed E-state index contributed by atoms with van der Waals surface area (Å²) in [6.07, 6.45) is 0. The second kappa shape index (κ2) is 6.42. The average Bonchev–Trinajstić information content (AvgIpc) is 1.69. The highest BCUT2D eigenvalue weighted by atomic mass is 16.5. The highest BCUT2D eigenvalue weighted by Gasteiger charge is 2.99. The first-order valence-electron chi connectivity index (χ1n) is 28.3. The number of hydrogen-bond donors (Lipinski definition) is 0. The molecule has 0 saturated heterocycles. The minimum absolute atomic E-state index is 0.173. The predicted molar refractivity (Wildman–Crippen MR) is 312 cm³/mol. The van der Waals surface area contributed by atoms with Gasteiger partial charge < -0.3 is 4.74 Å². The lowest BCUT2D eigenvalue weighted by Gasteiger charge is -2.52. The van der Waals surface area contributed by atoms with E-state index in [0.717, 1.165) is 11.5 Å². The van der Waals surface area contributed by atoms with Gasteiger partial charge in [0.1, 0.15) is 0 Å². The Bertz CT molecular complexity index is 7980. The summed E-state index contributed by atoms with van der Waals surface area (Å²) in [6, 6.07) is 23.4. The van der Waals surface area contributed by atoms with Crippen LogP contribution in [0.4, 0.5) is 0 Å². The van der Waals surface area contributed by atoms with Crippen LogP contribution in [0.2, 0.25) is 0 Å². The van der Waals surface area contributed by atoms with Gasteiger partial charge in [0.15, 0.2) is 11.1 Å². The molecular formula is C74H11NO. The van der Waals surface area contributed by atoms with E-state index in [1.54, 1.807) is 297 Å². The van der Waals surface area contributed by atoms with Gasteiger partial charge in [0, 0.05) is 33.6 Å². The van der Waals surface area contributed by atoms with Crippen molar-refractivity contribution in [2.45, 2.75) is 27.9 Å². The first-order valence-corrected chi connectivity index (χ1v) is 28.3. The van der Waals surface area contributed by atoms with E-state index >= 15 is 0 Å². The SMILES string of the molecule is c1ccc(C2=NC34c5c6c7c8c9c%10c%11c%12c(c%13c%14c%15c(c%16c5c5c%17c6c6c8c8c9c9c%11c%11c%18c%12c%14c%12c%14c%15c%15c%16c5c5c%16c%17c6c6c8c8c9c%11c9c(c%12%18)c%11c%14c%15c5c5c%16c6c8c9c%115)C%133O2)C%102C(c3ccccc3)C724)cc1. The zero-order chi connectivity index (χ0) is 45.1. The molecule has 5 unspecified atom stereocenters. The van der Waals surface area contributed by atoms with Crippen LogP contribution in [0.1, 0.15) is 50.4 Å². The van der Waals surface area contributed by atoms with Crippen LogP contribution in [0.3, 0.4) is 0 Å². The highest BCUT2D eigenvalue weighted by molar-refractivity contribution is 6.81. The van der Waals surface area contributed by atoms with E-state index in [1.807, 2.05) is 0 Å². The van der Waals surface area contributed by atoms with Gasteiger partial charge in [-0.05, 0) is 304 Å². The van der Waals surface area contributed by atoms with Gasteiger partial charge in [-0.15, -0.1) is 0 Å². The van der Waals surface area contributed by atoms with Gasteiger partial charge in [-0.25, -0.2) is 4.99 Å². The maximum absolute atomic E-state index is 8.79. The van der Waals surface area contributed by atoms with E-state index in [9.17, 15) is 0 Å². The van der Waals surface area contributed by atoms with Crippen LogP contribution in [0.5, 0.6) is 0 Å². The van der Waals surface area contributed by atoms with E-state index < -0.39 is 16.6 Å². The quantitative estimate of drug-likeness (QED) is 0.158. The van der Waals surface area contributed by atoms with Crippen LogP contribution in [0, 0.1) is 0 Å². The molecule has 5 atom stereocenters. The molecule has 1 heterocycles. The van der Waals surface area contributed by atoms with Gasteiger partial charge in [0.2, 0.25) is 5.90 Å². The number of hydrogen-bond acceptors (Lipinski definition) is 2. The van der Waals surface area contributed by atoms with Gasteiger partial charge >= 0.3 is 0 Å². The highest BCUT2D eigenvalue weighted by Crippen LogP contribution is 3.00. The lowest BCUT2D eigenvalue weighted by atomic mass is 9.52. The summed E-state index contributed by atoms with van der Waals surface area (Å²) in [7, 11) is 0. The first-order chi connectivity index (χ1) is 37.9. The van der Waals surface area contributed by atoms with Crippen molar-refractivity contribution in [2.24, 2.45) is 4.99 Å². The number of ether oxygens (including phenoxy) is 1. The minimum Gasteiger partial charge on any atom is -0.458 e. The van der Waals surface area contributed by atoms with E-state index in [1.165, 1.54) is 11.1 Å². The smallest absolute Gasteiger partial charge is 0.218 e. The van der Waals surface area contributed by atoms with Crippen LogP contribution in [0.25, 0.3) is 269 Å². The fraction of sp³-hybridized carbons (Fsp3) is 0.0676. The van der Waals surface area contributed by atoms with Crippen molar-refractivity contribution in [3.63, 3.8) is 0 Å². The summed E-state index contributed by atoms with van der Waals surface area (Å²) < 4.78 is 8.79. The molecule has 2 heteroatoms. The molecule has 8 aliphatic rings. The summed E-state index contributed by atoms with van der Waals surface area (Å²) in [5, 5.41) is 81.1. The van der Waals surface area contributed by atoms with E-state index in [-0.39, 0.29) is 11.3 Å². The van der Waals surface area contributed by atoms with Crippen LogP contribution in [-0.2, 0) is 26.7 Å². The van der Waals surface area contributed by atoms with Crippen molar-refractivity contribution in [3.05, 3.63) is 105 Å². The number of rotatable bonds is 2. The van der Waals surface area contributed by atoms with Gasteiger partial charge in [0.05, 0.1) is 5.41 Å². The molecule has 2 nitrogen and oxygen atoms in total. The Kier molecular flexibility index (Phi) is 2.39. The summed E-state index contributed by atoms with van der Waals surface area (Å²) >= 11 is 0. The van der Waals surface area contributed by atoms with Crippen LogP contribution >= 0.6 is 0 Å². The fourth-order valence-corrected chi connectivity index (χ4v) is 27.8. The molecule has 0 bridgehead atoms. The molecule has 28 aromatic carbocycles. The van der Waals surface area contributed by atoms with Crippen molar-refractivity contribution in [1.29, 1.82) is 0 Å². The summed E-state index contributed by atoms with van der Waals surface area (Å²) in [4.78, 5) is 6.89. The third kappa shape index (κ3) is 1.47. The van der Waals surface area contributed by atoms with Crippen molar-refractivity contribution < 1.29 is 4.74 Å². The van der Waals surface area contributed by atoms with Crippen LogP contribution in [-0.4, -0.2) is 5.90 Å². The standard InChI is InChI=1S/C74H11NO/c1-3-7-11(8-4-1)69-71-63-54-46-39-30-22-15-13-14-16-18-17(15)24-28(22)40(46)47-43-32(24)33-25(18)29-23(16)31-27-20(14)21-19(13)26(30)35-37-34(21)38-36(27)48-41(31)49-42(29)50-44(33)53(43)62-64(56(47)54)72(69,71)74-66(62)59(50)57(49)65-58(48)61-52(38)51(37)60(55(63)45(35)39)67(71)68(61)73(65,74)76-70(75-74)12-9-5-2-6-10-12/h1-10,69H. The molecule has 1 fully saturated rings. The molecule has 36 rings (SSSR count). The molecule has 1 aliphatic heterocycles. The van der Waals surface area contributed by atoms with Crippen molar-refractivity contribution >= 4 is 275 Å².